The zero-order valence-corrected chi connectivity index (χ0v) is 41.5. The van der Waals surface area contributed by atoms with Gasteiger partial charge in [0.15, 0.2) is 0 Å². The summed E-state index contributed by atoms with van der Waals surface area (Å²) in [7, 11) is -4.16. The number of phosphoric ester groups is 1. The van der Waals surface area contributed by atoms with E-state index in [9.17, 15) is 18.9 Å². The van der Waals surface area contributed by atoms with Crippen molar-refractivity contribution in [2.45, 2.75) is 246 Å². The minimum Gasteiger partial charge on any atom is -0.462 e. The Labute approximate surface area is 379 Å². The second kappa shape index (κ2) is 41.7. The second-order valence-corrected chi connectivity index (χ2v) is 19.4. The van der Waals surface area contributed by atoms with Crippen molar-refractivity contribution in [1.82, 2.24) is 5.32 Å². The third-order valence-electron chi connectivity index (χ3n) is 10.4. The number of unbranched alkanes of at least 4 members (excludes halogenated alkanes) is 22. The van der Waals surface area contributed by atoms with Gasteiger partial charge in [-0.3, -0.25) is 23.2 Å². The highest BCUT2D eigenvalue weighted by Gasteiger charge is 2.30. The first-order chi connectivity index (χ1) is 29.9. The Hall–Kier alpha value is -1.98. The lowest BCUT2D eigenvalue weighted by Crippen LogP contribution is -2.34. The Balaban J connectivity index is 5.32. The molecule has 0 aliphatic carbocycles. The monoisotopic (exact) mass is 904 g/mol. The third kappa shape index (κ3) is 40.8. The van der Waals surface area contributed by atoms with Crippen molar-refractivity contribution >= 4 is 25.9 Å². The molecule has 0 bridgehead atoms. The largest absolute Gasteiger partial charge is 0.475 e. The van der Waals surface area contributed by atoms with Crippen molar-refractivity contribution in [3.63, 3.8) is 0 Å². The molecular formula is C49H94NO11P. The molecule has 0 aliphatic rings. The van der Waals surface area contributed by atoms with Gasteiger partial charge in [-0.2, -0.15) is 0 Å². The normalized spacial score (nSPS) is 13.6. The quantitative estimate of drug-likeness (QED) is 0.0205. The summed E-state index contributed by atoms with van der Waals surface area (Å²) in [4.78, 5) is 38.0. The molecule has 0 aromatic rings. The number of carbonyl (C=O) groups excluding carboxylic acids is 3. The Kier molecular flexibility index (Phi) is 40.4. The maximum absolute atomic E-state index is 13.6. The molecular weight excluding hydrogens is 810 g/mol. The van der Waals surface area contributed by atoms with E-state index in [2.05, 4.69) is 32.7 Å². The lowest BCUT2D eigenvalue weighted by molar-refractivity contribution is -0.156. The Morgan fingerprint density at radius 2 is 1.02 bits per heavy atom. The maximum Gasteiger partial charge on any atom is 0.475 e. The molecule has 0 saturated heterocycles. The highest BCUT2D eigenvalue weighted by Crippen LogP contribution is 2.49. The van der Waals surface area contributed by atoms with Crippen LogP contribution in [0.25, 0.3) is 0 Å². The number of hydrogen-bond donors (Lipinski definition) is 1. The van der Waals surface area contributed by atoms with Gasteiger partial charge in [-0.05, 0) is 46.5 Å². The molecule has 3 atom stereocenters. The fourth-order valence-electron chi connectivity index (χ4n) is 6.84. The first kappa shape index (κ1) is 60.0. The Morgan fingerprint density at radius 1 is 0.565 bits per heavy atom. The minimum atomic E-state index is -4.16. The highest BCUT2D eigenvalue weighted by molar-refractivity contribution is 7.48. The molecule has 0 saturated carbocycles. The highest BCUT2D eigenvalue weighted by atomic mass is 31.2. The van der Waals surface area contributed by atoms with Crippen molar-refractivity contribution in [1.29, 1.82) is 0 Å². The van der Waals surface area contributed by atoms with Gasteiger partial charge in [0.1, 0.15) is 17.8 Å². The fourth-order valence-corrected chi connectivity index (χ4v) is 8.02. The van der Waals surface area contributed by atoms with Crippen LogP contribution in [-0.4, -0.2) is 75.4 Å². The van der Waals surface area contributed by atoms with Crippen molar-refractivity contribution in [3.05, 3.63) is 12.7 Å². The summed E-state index contributed by atoms with van der Waals surface area (Å²) in [6.07, 6.45) is 30.7. The maximum atomic E-state index is 13.6. The molecule has 1 N–H and O–H groups in total. The van der Waals surface area contributed by atoms with Crippen LogP contribution in [0, 0.1) is 0 Å². The molecule has 62 heavy (non-hydrogen) atoms. The fraction of sp³-hybridized carbons (Fsp3) is 0.898. The van der Waals surface area contributed by atoms with Crippen LogP contribution in [0.5, 0.6) is 0 Å². The Morgan fingerprint density at radius 3 is 1.48 bits per heavy atom. The van der Waals surface area contributed by atoms with Crippen LogP contribution in [0.15, 0.2) is 12.7 Å². The zero-order valence-electron chi connectivity index (χ0n) is 40.6. The predicted octanol–water partition coefficient (Wildman–Crippen LogP) is 14.1. The number of phosphoric acid groups is 1. The van der Waals surface area contributed by atoms with Gasteiger partial charge >= 0.3 is 25.9 Å². The lowest BCUT2D eigenvalue weighted by atomic mass is 10.1. The molecule has 1 amide bonds. The smallest absolute Gasteiger partial charge is 0.462 e. The summed E-state index contributed by atoms with van der Waals surface area (Å²) in [5.41, 5.74) is -0.676. The van der Waals surface area contributed by atoms with E-state index in [1.807, 2.05) is 0 Å². The van der Waals surface area contributed by atoms with E-state index in [4.69, 9.17) is 32.5 Å². The SMILES string of the molecule is C=CCOP(=O)(OCCNC(=O)OC(C)(C)C)OC[C@H](COCC[C@H](CCCCCCC)OC(=O)CCCCCCCCCCC)OC(=O)CCCCCCCCCCCCC. The number of carbonyl (C=O) groups is 3. The van der Waals surface area contributed by atoms with E-state index in [-0.39, 0.29) is 58.1 Å². The van der Waals surface area contributed by atoms with Gasteiger partial charge in [0.2, 0.25) is 0 Å². The van der Waals surface area contributed by atoms with Gasteiger partial charge in [-0.1, -0.05) is 168 Å². The van der Waals surface area contributed by atoms with Crippen LogP contribution < -0.4 is 5.32 Å². The van der Waals surface area contributed by atoms with Crippen LogP contribution in [0.1, 0.15) is 228 Å². The van der Waals surface area contributed by atoms with Crippen LogP contribution in [0.2, 0.25) is 0 Å². The van der Waals surface area contributed by atoms with E-state index in [1.54, 1.807) is 20.8 Å². The van der Waals surface area contributed by atoms with E-state index >= 15 is 0 Å². The van der Waals surface area contributed by atoms with Crippen LogP contribution in [-0.2, 0) is 46.7 Å². The number of rotatable bonds is 45. The van der Waals surface area contributed by atoms with Crippen molar-refractivity contribution in [3.8, 4) is 0 Å². The number of alkyl carbamates (subject to hydrolysis) is 1. The average molecular weight is 904 g/mol. The van der Waals surface area contributed by atoms with E-state index in [1.165, 1.54) is 96.0 Å². The van der Waals surface area contributed by atoms with E-state index < -0.39 is 31.6 Å². The summed E-state index contributed by atoms with van der Waals surface area (Å²) in [5.74, 6) is -0.552. The van der Waals surface area contributed by atoms with Crippen LogP contribution in [0.3, 0.4) is 0 Å². The summed E-state index contributed by atoms with van der Waals surface area (Å²) < 4.78 is 53.3. The molecule has 0 aliphatic heterocycles. The van der Waals surface area contributed by atoms with Crippen LogP contribution >= 0.6 is 7.82 Å². The minimum absolute atomic E-state index is 0.0102. The first-order valence-corrected chi connectivity index (χ1v) is 26.4. The van der Waals surface area contributed by atoms with Gasteiger partial charge < -0.3 is 24.3 Å². The van der Waals surface area contributed by atoms with Crippen molar-refractivity contribution in [2.24, 2.45) is 0 Å². The summed E-state index contributed by atoms with van der Waals surface area (Å²) in [6.45, 7) is 15.1. The third-order valence-corrected chi connectivity index (χ3v) is 11.8. The molecule has 0 fully saturated rings. The molecule has 366 valence electrons. The Bertz CT molecular complexity index is 1130. The van der Waals surface area contributed by atoms with Gasteiger partial charge in [-0.25, -0.2) is 9.36 Å². The average Bonchev–Trinajstić information content (AvgIpc) is 3.22. The molecule has 0 aromatic carbocycles. The summed E-state index contributed by atoms with van der Waals surface area (Å²) in [5, 5.41) is 2.55. The molecule has 1 unspecified atom stereocenters. The van der Waals surface area contributed by atoms with Crippen molar-refractivity contribution in [2.75, 3.05) is 39.6 Å². The number of hydrogen-bond acceptors (Lipinski definition) is 11. The molecule has 0 rings (SSSR count). The standard InChI is InChI=1S/C49H94NO11P/c1-8-12-15-18-20-22-23-25-27-30-33-36-47(52)60-45(43-58-62(54,56-39-11-4)57-41-38-50-48(53)61-49(5,6)7)42-55-40-37-44(34-31-28-17-14-10-3)59-46(51)35-32-29-26-24-21-19-16-13-9-2/h11,44-45H,4,8-10,12-43H2,1-3,5-7H3,(H,50,53)/t44-,45-,62?/m0/s1. The van der Waals surface area contributed by atoms with Crippen LogP contribution in [0.4, 0.5) is 4.79 Å². The van der Waals surface area contributed by atoms with E-state index in [0.717, 1.165) is 70.6 Å². The topological polar surface area (TPSA) is 145 Å². The summed E-state index contributed by atoms with van der Waals surface area (Å²) in [6, 6.07) is 0. The van der Waals surface area contributed by atoms with Crippen molar-refractivity contribution < 1.29 is 51.5 Å². The molecule has 13 heteroatoms. The first-order valence-electron chi connectivity index (χ1n) is 25.0. The summed E-state index contributed by atoms with van der Waals surface area (Å²) >= 11 is 0. The lowest BCUT2D eigenvalue weighted by Gasteiger charge is -2.23. The molecule has 12 nitrogen and oxygen atoms in total. The number of amides is 1. The van der Waals surface area contributed by atoms with Gasteiger partial charge in [0, 0.05) is 25.8 Å². The second-order valence-electron chi connectivity index (χ2n) is 17.7. The van der Waals surface area contributed by atoms with Gasteiger partial charge in [-0.15, -0.1) is 6.58 Å². The van der Waals surface area contributed by atoms with Gasteiger partial charge in [0.05, 0.1) is 33.0 Å². The molecule has 0 heterocycles. The molecule has 0 aromatic heterocycles. The molecule has 0 spiro atoms. The predicted molar refractivity (Wildman–Crippen MR) is 251 cm³/mol. The number of esters is 2. The molecule has 0 radical (unpaired) electrons. The number of ether oxygens (including phenoxy) is 4. The van der Waals surface area contributed by atoms with Gasteiger partial charge in [0.25, 0.3) is 0 Å². The number of nitrogens with one attached hydrogen (secondary N) is 1. The van der Waals surface area contributed by atoms with E-state index in [0.29, 0.717) is 19.3 Å². The zero-order chi connectivity index (χ0) is 46.0.